The molecule has 4 aromatic rings. The monoisotopic (exact) mass is 1140 g/mol. The molecule has 2 saturated heterocycles. The molecule has 17 nitrogen and oxygen atoms in total. The minimum Gasteiger partial charge on any atom is -0.491 e. The number of thiazole rings is 1. The minimum absolute atomic E-state index is 0.00176. The highest BCUT2D eigenvalue weighted by molar-refractivity contribution is 7.81. The van der Waals surface area contributed by atoms with Crippen LogP contribution in [0.2, 0.25) is 0 Å². The maximum atomic E-state index is 13.9. The molecule has 0 spiro atoms. The SMILES string of the molecule is Cc1ncsc1-c1ccc(CNC(=O)[C@@H]2CCCN2C(=O)C(NC(=O)COCCOCCCCOCCCCOCCOCCOc2ccc(N3C(=S)N(c4ccc(C#N)c(C(F)(F)F)c4)C(=O)C3(C)C)cc2)C(C)(C)C)cc1. The first-order chi connectivity index (χ1) is 37.7. The summed E-state index contributed by atoms with van der Waals surface area (Å²) in [7, 11) is 0. The summed E-state index contributed by atoms with van der Waals surface area (Å²) in [5, 5.41) is 15.1. The Labute approximate surface area is 470 Å². The van der Waals surface area contributed by atoms with Gasteiger partial charge in [0.25, 0.3) is 5.91 Å². The highest BCUT2D eigenvalue weighted by Gasteiger charge is 2.51. The van der Waals surface area contributed by atoms with Crippen LogP contribution < -0.4 is 25.2 Å². The number of aryl methyl sites for hydroxylation is 1. The second kappa shape index (κ2) is 29.4. The Hall–Kier alpha value is -6.06. The first-order valence-electron chi connectivity index (χ1n) is 26.5. The summed E-state index contributed by atoms with van der Waals surface area (Å²) in [5.41, 5.74) is 1.77. The molecule has 22 heteroatoms. The van der Waals surface area contributed by atoms with Crippen molar-refractivity contribution in [2.75, 3.05) is 89.0 Å². The zero-order valence-corrected chi connectivity index (χ0v) is 47.4. The smallest absolute Gasteiger partial charge is 0.417 e. The van der Waals surface area contributed by atoms with Crippen LogP contribution in [0.4, 0.5) is 24.5 Å². The molecular weight excluding hydrogens is 1060 g/mol. The number of rotatable bonds is 30. The number of carbonyl (C=O) groups excluding carboxylic acids is 4. The third kappa shape index (κ3) is 17.5. The predicted octanol–water partition coefficient (Wildman–Crippen LogP) is 8.79. The molecule has 0 aliphatic carbocycles. The van der Waals surface area contributed by atoms with Gasteiger partial charge in [-0.1, -0.05) is 45.0 Å². The molecule has 0 bridgehead atoms. The van der Waals surface area contributed by atoms with Crippen LogP contribution >= 0.6 is 23.6 Å². The van der Waals surface area contributed by atoms with E-state index in [-0.39, 0.29) is 42.4 Å². The van der Waals surface area contributed by atoms with Crippen molar-refractivity contribution in [1.82, 2.24) is 20.5 Å². The largest absolute Gasteiger partial charge is 0.491 e. The van der Waals surface area contributed by atoms with Gasteiger partial charge in [-0.3, -0.25) is 24.1 Å². The van der Waals surface area contributed by atoms with E-state index < -0.39 is 52.2 Å². The number of hydrogen-bond acceptors (Lipinski definition) is 14. The number of nitrogens with zero attached hydrogens (tertiary/aromatic N) is 5. The Morgan fingerprint density at radius 3 is 2.00 bits per heavy atom. The van der Waals surface area contributed by atoms with Crippen molar-refractivity contribution in [3.05, 3.63) is 94.6 Å². The van der Waals surface area contributed by atoms with Crippen LogP contribution in [0.5, 0.6) is 5.75 Å². The van der Waals surface area contributed by atoms with Gasteiger partial charge in [-0.15, -0.1) is 11.3 Å². The Bertz CT molecular complexity index is 2710. The third-order valence-corrected chi connectivity index (χ3v) is 14.6. The van der Waals surface area contributed by atoms with E-state index in [1.165, 1.54) is 6.07 Å². The Morgan fingerprint density at radius 2 is 1.42 bits per heavy atom. The fourth-order valence-corrected chi connectivity index (χ4v) is 10.3. The number of benzene rings is 3. The summed E-state index contributed by atoms with van der Waals surface area (Å²) >= 11 is 7.20. The summed E-state index contributed by atoms with van der Waals surface area (Å²) in [6.45, 7) is 15.8. The molecule has 1 unspecified atom stereocenters. The maximum absolute atomic E-state index is 13.9. The quantitative estimate of drug-likeness (QED) is 0.0372. The van der Waals surface area contributed by atoms with E-state index in [4.69, 9.17) is 40.6 Å². The van der Waals surface area contributed by atoms with Crippen LogP contribution in [-0.2, 0) is 55.6 Å². The number of halogens is 3. The molecule has 1 aromatic heterocycles. The number of unbranched alkanes of at least 4 members (excludes halogenated alkanes) is 2. The van der Waals surface area contributed by atoms with Gasteiger partial charge in [0.15, 0.2) is 5.11 Å². The lowest BCUT2D eigenvalue weighted by Gasteiger charge is -2.35. The number of amides is 4. The molecule has 3 aromatic carbocycles. The van der Waals surface area contributed by atoms with Crippen molar-refractivity contribution in [1.29, 1.82) is 5.26 Å². The lowest BCUT2D eigenvalue weighted by molar-refractivity contribution is -0.144. The number of ether oxygens (including phenoxy) is 6. The topological polar surface area (TPSA) is 194 Å². The second-order valence-corrected chi connectivity index (χ2v) is 21.9. The summed E-state index contributed by atoms with van der Waals surface area (Å²) in [5.74, 6) is -0.885. The third-order valence-electron chi connectivity index (χ3n) is 13.3. The normalized spacial score (nSPS) is 15.8. The molecule has 2 aliphatic rings. The highest BCUT2D eigenvalue weighted by Crippen LogP contribution is 2.40. The van der Waals surface area contributed by atoms with E-state index in [9.17, 15) is 37.6 Å². The molecule has 0 saturated carbocycles. The Balaban J connectivity index is 0.737. The van der Waals surface area contributed by atoms with Gasteiger partial charge in [0, 0.05) is 45.2 Å². The van der Waals surface area contributed by atoms with Crippen LogP contribution in [-0.4, -0.2) is 135 Å². The maximum Gasteiger partial charge on any atom is 0.417 e. The number of aromatic nitrogens is 1. The molecule has 428 valence electrons. The van der Waals surface area contributed by atoms with E-state index in [2.05, 4.69) is 15.6 Å². The van der Waals surface area contributed by atoms with Crippen molar-refractivity contribution in [3.63, 3.8) is 0 Å². The number of carbonyl (C=O) groups is 4. The van der Waals surface area contributed by atoms with Gasteiger partial charge in [-0.2, -0.15) is 18.4 Å². The standard InChI is InChI=1S/C57H72F3N7O10S2/c1-39-49(79-38-63-39)41-15-13-40(14-16-41)36-62-51(69)47-12-11-23-65(47)52(70)50(55(2,3)4)64-48(68)37-76-31-30-74-27-10-8-25-72-24-7-9-26-73-28-29-75-32-33-77-45-21-19-43(20-22-45)67-54(78)66(53(71)56(67,5)6)44-18-17-42(35-61)46(34-44)57(58,59)60/h13-22,34,38,47,50H,7-12,23-33,36-37H2,1-6H3,(H,62,69)(H,64,68)/t47-,50?/m0/s1. The zero-order valence-electron chi connectivity index (χ0n) is 45.8. The van der Waals surface area contributed by atoms with Crippen LogP contribution in [0.1, 0.15) is 95.5 Å². The van der Waals surface area contributed by atoms with E-state index in [1.54, 1.807) is 65.3 Å². The van der Waals surface area contributed by atoms with Gasteiger partial charge < -0.3 is 48.9 Å². The number of thiocarbonyl (C=S) groups is 1. The number of anilines is 2. The summed E-state index contributed by atoms with van der Waals surface area (Å²) in [6, 6.07) is 18.0. The van der Waals surface area contributed by atoms with E-state index >= 15 is 0 Å². The van der Waals surface area contributed by atoms with E-state index in [0.717, 1.165) is 64.4 Å². The van der Waals surface area contributed by atoms with Gasteiger partial charge in [-0.25, -0.2) is 4.98 Å². The van der Waals surface area contributed by atoms with Crippen LogP contribution in [0.25, 0.3) is 10.4 Å². The molecule has 2 aliphatic heterocycles. The van der Waals surface area contributed by atoms with Gasteiger partial charge in [0.2, 0.25) is 17.7 Å². The summed E-state index contributed by atoms with van der Waals surface area (Å²) in [4.78, 5) is 63.4. The molecular formula is C57H72F3N7O10S2. The fourth-order valence-electron chi connectivity index (χ4n) is 8.97. The molecule has 6 rings (SSSR count). The average Bonchev–Trinajstić information content (AvgIpc) is 4.34. The number of alkyl halides is 3. The molecule has 0 radical (unpaired) electrons. The van der Waals surface area contributed by atoms with E-state index in [0.29, 0.717) is 90.2 Å². The number of hydrogen-bond donors (Lipinski definition) is 2. The summed E-state index contributed by atoms with van der Waals surface area (Å²) in [6.07, 6.45) is -0.200. The van der Waals surface area contributed by atoms with Gasteiger partial charge >= 0.3 is 6.18 Å². The van der Waals surface area contributed by atoms with Crippen molar-refractivity contribution in [2.45, 2.75) is 110 Å². The molecule has 79 heavy (non-hydrogen) atoms. The summed E-state index contributed by atoms with van der Waals surface area (Å²) < 4.78 is 75.1. The lowest BCUT2D eigenvalue weighted by Crippen LogP contribution is -2.58. The first kappa shape index (κ1) is 62.1. The average molecular weight is 1140 g/mol. The van der Waals surface area contributed by atoms with Crippen molar-refractivity contribution < 1.29 is 60.8 Å². The lowest BCUT2D eigenvalue weighted by atomic mass is 9.85. The Kier molecular flexibility index (Phi) is 23.1. The van der Waals surface area contributed by atoms with Crippen LogP contribution in [0, 0.1) is 23.7 Å². The van der Waals surface area contributed by atoms with Crippen LogP contribution in [0.3, 0.4) is 0 Å². The zero-order chi connectivity index (χ0) is 57.2. The molecule has 4 amide bonds. The van der Waals surface area contributed by atoms with E-state index in [1.807, 2.05) is 57.5 Å². The minimum atomic E-state index is -4.79. The molecule has 3 heterocycles. The van der Waals surface area contributed by atoms with Crippen molar-refractivity contribution in [3.8, 4) is 22.3 Å². The van der Waals surface area contributed by atoms with Crippen LogP contribution in [0.15, 0.2) is 72.2 Å². The van der Waals surface area contributed by atoms with Gasteiger partial charge in [0.1, 0.15) is 36.6 Å². The number of nitriles is 1. The van der Waals surface area contributed by atoms with Gasteiger partial charge in [-0.05, 0) is 131 Å². The first-order valence-corrected chi connectivity index (χ1v) is 27.8. The molecule has 2 atom stereocenters. The van der Waals surface area contributed by atoms with Gasteiger partial charge in [0.05, 0.1) is 72.0 Å². The fraction of sp³-hybridized carbons (Fsp3) is 0.526. The molecule has 2 fully saturated rings. The van der Waals surface area contributed by atoms with Crippen molar-refractivity contribution in [2.24, 2.45) is 5.41 Å². The number of likely N-dealkylation sites (tertiary alicyclic amines) is 1. The highest BCUT2D eigenvalue weighted by atomic mass is 32.1. The van der Waals surface area contributed by atoms with Crippen molar-refractivity contribution >= 4 is 63.7 Å². The molecule has 2 N–H and O–H groups in total. The predicted molar refractivity (Wildman–Crippen MR) is 298 cm³/mol. The number of nitrogens with one attached hydrogen (secondary N) is 2. The second-order valence-electron chi connectivity index (χ2n) is 20.7. The Morgan fingerprint density at radius 1 is 0.835 bits per heavy atom.